The van der Waals surface area contributed by atoms with E-state index in [-0.39, 0.29) is 0 Å². The van der Waals surface area contributed by atoms with Crippen LogP contribution in [0.2, 0.25) is 0 Å². The highest BCUT2D eigenvalue weighted by atomic mass is 16.3. The minimum absolute atomic E-state index is 0.655. The van der Waals surface area contributed by atoms with Gasteiger partial charge in [0.05, 0.1) is 6.54 Å². The van der Waals surface area contributed by atoms with Crippen LogP contribution in [0.25, 0.3) is 0 Å². The van der Waals surface area contributed by atoms with Crippen molar-refractivity contribution >= 4 is 0 Å². The largest absolute Gasteiger partial charge is 0.378 e. The molecule has 0 aromatic rings. The summed E-state index contributed by atoms with van der Waals surface area (Å²) in [5.74, 6) is 5.94. The number of hydrogen-bond acceptors (Lipinski definition) is 2. The van der Waals surface area contributed by atoms with E-state index in [1.54, 1.807) is 13.0 Å². The maximum Gasteiger partial charge on any atom is 0.123 e. The van der Waals surface area contributed by atoms with Gasteiger partial charge in [0.1, 0.15) is 5.60 Å². The second-order valence-corrected chi connectivity index (χ2v) is 3.86. The van der Waals surface area contributed by atoms with Gasteiger partial charge in [-0.1, -0.05) is 31.8 Å². The van der Waals surface area contributed by atoms with E-state index in [0.717, 1.165) is 26.1 Å². The fourth-order valence-electron chi connectivity index (χ4n) is 1.23. The summed E-state index contributed by atoms with van der Waals surface area (Å²) in [5, 5.41) is 9.86. The molecule has 15 heavy (non-hydrogen) atoms. The molecule has 0 aromatic heterocycles. The Balaban J connectivity index is 4.07. The van der Waals surface area contributed by atoms with Gasteiger partial charge in [0.2, 0.25) is 0 Å². The number of nitrogens with zero attached hydrogens (tertiary/aromatic N) is 1. The second-order valence-electron chi connectivity index (χ2n) is 3.86. The molecule has 86 valence electrons. The zero-order valence-electron chi connectivity index (χ0n) is 10.2. The van der Waals surface area contributed by atoms with Crippen LogP contribution in [0.3, 0.4) is 0 Å². The van der Waals surface area contributed by atoms with Crippen LogP contribution in [-0.4, -0.2) is 35.2 Å². The van der Waals surface area contributed by atoms with Gasteiger partial charge in [-0.3, -0.25) is 4.90 Å². The SMILES string of the molecule is C=CCC[C@@](C)(O)C#CCN(CC)CC. The molecular formula is C13H23NO. The normalized spacial score (nSPS) is 14.2. The van der Waals surface area contributed by atoms with Crippen molar-refractivity contribution in [1.82, 2.24) is 4.90 Å². The fourth-order valence-corrected chi connectivity index (χ4v) is 1.23. The van der Waals surface area contributed by atoms with Gasteiger partial charge in [-0.15, -0.1) is 6.58 Å². The van der Waals surface area contributed by atoms with Gasteiger partial charge >= 0.3 is 0 Å². The van der Waals surface area contributed by atoms with Crippen molar-refractivity contribution in [3.05, 3.63) is 12.7 Å². The summed E-state index contributed by atoms with van der Waals surface area (Å²) >= 11 is 0. The second kappa shape index (κ2) is 7.50. The average molecular weight is 209 g/mol. The Morgan fingerprint density at radius 1 is 1.40 bits per heavy atom. The van der Waals surface area contributed by atoms with Gasteiger partial charge < -0.3 is 5.11 Å². The molecule has 0 spiro atoms. The zero-order valence-corrected chi connectivity index (χ0v) is 10.2. The molecule has 0 aliphatic heterocycles. The van der Waals surface area contributed by atoms with Gasteiger partial charge in [0.15, 0.2) is 0 Å². The molecule has 0 saturated heterocycles. The smallest absolute Gasteiger partial charge is 0.123 e. The highest BCUT2D eigenvalue weighted by Gasteiger charge is 2.14. The van der Waals surface area contributed by atoms with Crippen molar-refractivity contribution in [3.63, 3.8) is 0 Å². The van der Waals surface area contributed by atoms with E-state index in [0.29, 0.717) is 6.42 Å². The molecule has 0 bridgehead atoms. The highest BCUT2D eigenvalue weighted by molar-refractivity contribution is 5.13. The molecule has 0 heterocycles. The third-order valence-corrected chi connectivity index (χ3v) is 2.39. The summed E-state index contributed by atoms with van der Waals surface area (Å²) in [6, 6.07) is 0. The van der Waals surface area contributed by atoms with Crippen LogP contribution in [0, 0.1) is 11.8 Å². The number of aliphatic hydroxyl groups is 1. The zero-order chi connectivity index (χ0) is 11.7. The van der Waals surface area contributed by atoms with Gasteiger partial charge in [-0.05, 0) is 32.9 Å². The molecule has 0 aliphatic carbocycles. The van der Waals surface area contributed by atoms with Crippen molar-refractivity contribution in [2.75, 3.05) is 19.6 Å². The molecule has 1 N–H and O–H groups in total. The lowest BCUT2D eigenvalue weighted by Crippen LogP contribution is -2.25. The molecule has 0 rings (SSSR count). The van der Waals surface area contributed by atoms with Crippen LogP contribution in [-0.2, 0) is 0 Å². The molecule has 0 amide bonds. The molecular weight excluding hydrogens is 186 g/mol. The molecule has 0 saturated carbocycles. The summed E-state index contributed by atoms with van der Waals surface area (Å²) in [7, 11) is 0. The van der Waals surface area contributed by atoms with E-state index in [2.05, 4.69) is 37.2 Å². The molecule has 2 nitrogen and oxygen atoms in total. The standard InChI is InChI=1S/C13H23NO/c1-5-8-10-13(4,15)11-9-12-14(6-2)7-3/h5,15H,1,6-8,10,12H2,2-4H3/t13-/m1/s1. The highest BCUT2D eigenvalue weighted by Crippen LogP contribution is 2.10. The Labute approximate surface area is 94.0 Å². The Kier molecular flexibility index (Phi) is 7.11. The van der Waals surface area contributed by atoms with E-state index in [1.165, 1.54) is 0 Å². The lowest BCUT2D eigenvalue weighted by molar-refractivity contribution is 0.113. The monoisotopic (exact) mass is 209 g/mol. The Hall–Kier alpha value is -0.780. The maximum absolute atomic E-state index is 9.86. The third-order valence-electron chi connectivity index (χ3n) is 2.39. The molecule has 2 heteroatoms. The third kappa shape index (κ3) is 7.18. The van der Waals surface area contributed by atoms with E-state index >= 15 is 0 Å². The van der Waals surface area contributed by atoms with Crippen LogP contribution < -0.4 is 0 Å². The summed E-state index contributed by atoms with van der Waals surface area (Å²) in [6.45, 7) is 12.3. The van der Waals surface area contributed by atoms with Crippen molar-refractivity contribution in [1.29, 1.82) is 0 Å². The van der Waals surface area contributed by atoms with Crippen molar-refractivity contribution < 1.29 is 5.11 Å². The Bertz CT molecular complexity index is 231. The molecule has 0 fully saturated rings. The first-order chi connectivity index (χ1) is 7.05. The van der Waals surface area contributed by atoms with Crippen LogP contribution in [0.4, 0.5) is 0 Å². The van der Waals surface area contributed by atoms with E-state index in [1.807, 2.05) is 0 Å². The summed E-state index contributed by atoms with van der Waals surface area (Å²) in [4.78, 5) is 2.22. The molecule has 0 unspecified atom stereocenters. The van der Waals surface area contributed by atoms with E-state index < -0.39 is 5.60 Å². The fraction of sp³-hybridized carbons (Fsp3) is 0.692. The van der Waals surface area contributed by atoms with Crippen molar-refractivity contribution in [2.45, 2.75) is 39.2 Å². The molecule has 0 aromatic carbocycles. The molecule has 1 atom stereocenters. The van der Waals surface area contributed by atoms with Crippen LogP contribution in [0.15, 0.2) is 12.7 Å². The average Bonchev–Trinajstić information content (AvgIpc) is 2.22. The topological polar surface area (TPSA) is 23.5 Å². The number of hydrogen-bond donors (Lipinski definition) is 1. The number of allylic oxidation sites excluding steroid dienone is 1. The Morgan fingerprint density at radius 2 is 2.00 bits per heavy atom. The minimum Gasteiger partial charge on any atom is -0.378 e. The van der Waals surface area contributed by atoms with Gasteiger partial charge in [-0.2, -0.15) is 0 Å². The van der Waals surface area contributed by atoms with Crippen LogP contribution in [0.1, 0.15) is 33.6 Å². The lowest BCUT2D eigenvalue weighted by atomic mass is 10.0. The first kappa shape index (κ1) is 14.2. The first-order valence-electron chi connectivity index (χ1n) is 5.61. The first-order valence-corrected chi connectivity index (χ1v) is 5.61. The number of rotatable bonds is 6. The van der Waals surface area contributed by atoms with Crippen LogP contribution in [0.5, 0.6) is 0 Å². The maximum atomic E-state index is 9.86. The van der Waals surface area contributed by atoms with Crippen LogP contribution >= 0.6 is 0 Å². The van der Waals surface area contributed by atoms with Crippen molar-refractivity contribution in [2.24, 2.45) is 0 Å². The van der Waals surface area contributed by atoms with E-state index in [4.69, 9.17) is 0 Å². The van der Waals surface area contributed by atoms with E-state index in [9.17, 15) is 5.11 Å². The van der Waals surface area contributed by atoms with Gasteiger partial charge in [0.25, 0.3) is 0 Å². The van der Waals surface area contributed by atoms with Gasteiger partial charge in [0, 0.05) is 0 Å². The predicted molar refractivity (Wildman–Crippen MR) is 65.6 cm³/mol. The molecule has 0 aliphatic rings. The van der Waals surface area contributed by atoms with Crippen molar-refractivity contribution in [3.8, 4) is 11.8 Å². The minimum atomic E-state index is -0.874. The summed E-state index contributed by atoms with van der Waals surface area (Å²) in [5.41, 5.74) is -0.874. The summed E-state index contributed by atoms with van der Waals surface area (Å²) < 4.78 is 0. The Morgan fingerprint density at radius 3 is 2.47 bits per heavy atom. The molecule has 0 radical (unpaired) electrons. The quantitative estimate of drug-likeness (QED) is 0.534. The van der Waals surface area contributed by atoms with Gasteiger partial charge in [-0.25, -0.2) is 0 Å². The summed E-state index contributed by atoms with van der Waals surface area (Å²) in [6.07, 6.45) is 3.26. The predicted octanol–water partition coefficient (Wildman–Crippen LogP) is 2.05. The lowest BCUT2D eigenvalue weighted by Gasteiger charge is -2.16.